The Hall–Kier alpha value is -2.65. The van der Waals surface area contributed by atoms with Crippen LogP contribution in [0.1, 0.15) is 44.6 Å². The Bertz CT molecular complexity index is 1090. The Balaban J connectivity index is 1.49. The molecule has 3 N–H and O–H groups in total. The highest BCUT2D eigenvalue weighted by molar-refractivity contribution is 5.85. The zero-order valence-corrected chi connectivity index (χ0v) is 17.8. The fourth-order valence-electron chi connectivity index (χ4n) is 5.21. The van der Waals surface area contributed by atoms with Gasteiger partial charge in [0.2, 0.25) is 5.43 Å². The summed E-state index contributed by atoms with van der Waals surface area (Å²) in [5.74, 6) is -0.347. The van der Waals surface area contributed by atoms with Crippen molar-refractivity contribution in [2.75, 3.05) is 24.5 Å². The zero-order valence-electron chi connectivity index (χ0n) is 17.8. The standard InChI is InChI=1S/C23H28FN3O5/c24-17-9-16-19(27(14-3-4-14)12-21(22(16)29)32-23(30)31)10-20(17)26-8-7-25-18(11-26)13-1-5-15(28)6-2-13/h9-10,12-15,18,25,28H,1-8,11H2,(H,30,31). The van der Waals surface area contributed by atoms with Crippen LogP contribution in [-0.2, 0) is 0 Å². The number of hydrogen-bond donors (Lipinski definition) is 3. The molecule has 2 aromatic rings. The number of aliphatic hydroxyl groups is 1. The van der Waals surface area contributed by atoms with Crippen LogP contribution < -0.4 is 20.4 Å². The van der Waals surface area contributed by atoms with Crippen molar-refractivity contribution >= 4 is 22.7 Å². The highest BCUT2D eigenvalue weighted by Gasteiger charge is 2.32. The molecule has 1 aromatic carbocycles. The maximum absolute atomic E-state index is 15.2. The summed E-state index contributed by atoms with van der Waals surface area (Å²) in [6.45, 7) is 2.06. The van der Waals surface area contributed by atoms with E-state index in [1.807, 2.05) is 9.47 Å². The number of benzene rings is 1. The largest absolute Gasteiger partial charge is 0.511 e. The fourth-order valence-corrected chi connectivity index (χ4v) is 5.21. The fraction of sp³-hybridized carbons (Fsp3) is 0.565. The molecule has 1 saturated heterocycles. The Kier molecular flexibility index (Phi) is 5.54. The summed E-state index contributed by atoms with van der Waals surface area (Å²) in [5, 5.41) is 22.5. The lowest BCUT2D eigenvalue weighted by atomic mass is 9.82. The minimum atomic E-state index is -1.57. The molecule has 5 rings (SSSR count). The molecule has 0 radical (unpaired) electrons. The van der Waals surface area contributed by atoms with E-state index >= 15 is 4.39 Å². The van der Waals surface area contributed by atoms with E-state index in [4.69, 9.17) is 5.11 Å². The molecule has 1 aliphatic heterocycles. The van der Waals surface area contributed by atoms with Crippen molar-refractivity contribution in [3.63, 3.8) is 0 Å². The zero-order chi connectivity index (χ0) is 22.4. The maximum atomic E-state index is 15.2. The molecule has 1 atom stereocenters. The molecule has 2 aliphatic carbocycles. The molecule has 0 spiro atoms. The highest BCUT2D eigenvalue weighted by atomic mass is 19.1. The molecular weight excluding hydrogens is 417 g/mol. The number of carboxylic acid groups (broad SMARTS) is 1. The van der Waals surface area contributed by atoms with Crippen molar-refractivity contribution in [2.24, 2.45) is 5.92 Å². The molecule has 0 amide bonds. The number of piperazine rings is 1. The van der Waals surface area contributed by atoms with Crippen molar-refractivity contribution in [1.29, 1.82) is 0 Å². The van der Waals surface area contributed by atoms with Crippen LogP contribution >= 0.6 is 0 Å². The summed E-state index contributed by atoms with van der Waals surface area (Å²) >= 11 is 0. The van der Waals surface area contributed by atoms with Gasteiger partial charge in [-0.15, -0.1) is 0 Å². The lowest BCUT2D eigenvalue weighted by molar-refractivity contribution is 0.0963. The van der Waals surface area contributed by atoms with Crippen LogP contribution in [0.5, 0.6) is 5.75 Å². The average molecular weight is 445 g/mol. The first kappa shape index (κ1) is 21.2. The van der Waals surface area contributed by atoms with Gasteiger partial charge in [-0.25, -0.2) is 9.18 Å². The topological polar surface area (TPSA) is 104 Å². The number of nitrogens with one attached hydrogen (secondary N) is 1. The van der Waals surface area contributed by atoms with Crippen molar-refractivity contribution in [2.45, 2.75) is 56.7 Å². The van der Waals surface area contributed by atoms with E-state index < -0.39 is 17.4 Å². The van der Waals surface area contributed by atoms with Crippen LogP contribution in [-0.4, -0.2) is 52.7 Å². The lowest BCUT2D eigenvalue weighted by Gasteiger charge is -2.41. The third-order valence-corrected chi connectivity index (χ3v) is 7.06. The van der Waals surface area contributed by atoms with Gasteiger partial charge in [-0.2, -0.15) is 0 Å². The molecule has 172 valence electrons. The van der Waals surface area contributed by atoms with Gasteiger partial charge in [0.15, 0.2) is 5.75 Å². The first-order valence-electron chi connectivity index (χ1n) is 11.4. The number of nitrogens with zero attached hydrogens (tertiary/aromatic N) is 2. The number of aliphatic hydroxyl groups excluding tert-OH is 1. The third-order valence-electron chi connectivity index (χ3n) is 7.06. The summed E-state index contributed by atoms with van der Waals surface area (Å²) in [7, 11) is 0. The van der Waals surface area contributed by atoms with Crippen molar-refractivity contribution < 1.29 is 24.1 Å². The molecule has 8 nitrogen and oxygen atoms in total. The quantitative estimate of drug-likeness (QED) is 0.622. The van der Waals surface area contributed by atoms with Gasteiger partial charge in [0.05, 0.1) is 28.9 Å². The van der Waals surface area contributed by atoms with Crippen LogP contribution in [0.15, 0.2) is 23.1 Å². The molecule has 3 aliphatic rings. The number of carbonyl (C=O) groups is 1. The molecule has 9 heteroatoms. The number of pyridine rings is 1. The van der Waals surface area contributed by atoms with Gasteiger partial charge in [0, 0.05) is 31.7 Å². The van der Waals surface area contributed by atoms with Crippen LogP contribution in [0.3, 0.4) is 0 Å². The summed E-state index contributed by atoms with van der Waals surface area (Å²) in [5.41, 5.74) is 0.437. The number of hydrogen-bond acceptors (Lipinski definition) is 6. The molecule has 2 saturated carbocycles. The number of anilines is 1. The molecule has 3 fully saturated rings. The van der Waals surface area contributed by atoms with Gasteiger partial charge >= 0.3 is 6.16 Å². The second kappa shape index (κ2) is 8.37. The van der Waals surface area contributed by atoms with E-state index in [0.29, 0.717) is 30.2 Å². The monoisotopic (exact) mass is 445 g/mol. The Morgan fingerprint density at radius 3 is 2.59 bits per heavy atom. The van der Waals surface area contributed by atoms with Gasteiger partial charge in [0.25, 0.3) is 0 Å². The SMILES string of the molecule is O=C(O)Oc1cn(C2CC2)c2cc(N3CCNC(C4CCC(O)CC4)C3)c(F)cc2c1=O. The number of rotatable bonds is 4. The number of aromatic nitrogens is 1. The van der Waals surface area contributed by atoms with Crippen molar-refractivity contribution in [1.82, 2.24) is 9.88 Å². The second-order valence-corrected chi connectivity index (χ2v) is 9.22. The molecule has 1 unspecified atom stereocenters. The van der Waals surface area contributed by atoms with Gasteiger partial charge in [-0.05, 0) is 56.6 Å². The minimum absolute atomic E-state index is 0.129. The van der Waals surface area contributed by atoms with Crippen LogP contribution in [0.4, 0.5) is 14.9 Å². The van der Waals surface area contributed by atoms with E-state index in [0.717, 1.165) is 45.1 Å². The molecule has 1 aromatic heterocycles. The van der Waals surface area contributed by atoms with E-state index in [2.05, 4.69) is 10.1 Å². The van der Waals surface area contributed by atoms with Crippen molar-refractivity contribution in [3.8, 4) is 5.75 Å². The first-order chi connectivity index (χ1) is 15.4. The Labute approximate surface area is 184 Å². The summed E-state index contributed by atoms with van der Waals surface area (Å²) in [6, 6.07) is 3.32. The Morgan fingerprint density at radius 2 is 1.91 bits per heavy atom. The van der Waals surface area contributed by atoms with Gasteiger partial charge < -0.3 is 29.7 Å². The number of halogens is 1. The molecular formula is C23H28FN3O5. The first-order valence-corrected chi connectivity index (χ1v) is 11.4. The summed E-state index contributed by atoms with van der Waals surface area (Å²) < 4.78 is 21.8. The average Bonchev–Trinajstić information content (AvgIpc) is 3.61. The summed E-state index contributed by atoms with van der Waals surface area (Å²) in [6.07, 6.45) is 5.03. The Morgan fingerprint density at radius 1 is 1.16 bits per heavy atom. The van der Waals surface area contributed by atoms with E-state index in [9.17, 15) is 14.7 Å². The predicted molar refractivity (Wildman–Crippen MR) is 117 cm³/mol. The van der Waals surface area contributed by atoms with Crippen LogP contribution in [0.2, 0.25) is 0 Å². The number of ether oxygens (including phenoxy) is 1. The van der Waals surface area contributed by atoms with E-state index in [-0.39, 0.29) is 29.3 Å². The van der Waals surface area contributed by atoms with Gasteiger partial charge in [-0.3, -0.25) is 4.79 Å². The third kappa shape index (κ3) is 4.06. The van der Waals surface area contributed by atoms with E-state index in [1.165, 1.54) is 12.3 Å². The lowest BCUT2D eigenvalue weighted by Crippen LogP contribution is -2.54. The highest BCUT2D eigenvalue weighted by Crippen LogP contribution is 2.39. The predicted octanol–water partition coefficient (Wildman–Crippen LogP) is 2.86. The minimum Gasteiger partial charge on any atom is -0.449 e. The summed E-state index contributed by atoms with van der Waals surface area (Å²) in [4.78, 5) is 25.8. The van der Waals surface area contributed by atoms with E-state index in [1.54, 1.807) is 6.07 Å². The van der Waals surface area contributed by atoms with Gasteiger partial charge in [-0.1, -0.05) is 0 Å². The second-order valence-electron chi connectivity index (χ2n) is 9.22. The smallest absolute Gasteiger partial charge is 0.449 e. The normalized spacial score (nSPS) is 26.3. The van der Waals surface area contributed by atoms with Crippen LogP contribution in [0, 0.1) is 11.7 Å². The number of fused-ring (bicyclic) bond motifs is 1. The molecule has 0 bridgehead atoms. The van der Waals surface area contributed by atoms with Gasteiger partial charge in [0.1, 0.15) is 5.82 Å². The maximum Gasteiger partial charge on any atom is 0.511 e. The molecule has 32 heavy (non-hydrogen) atoms. The van der Waals surface area contributed by atoms with Crippen molar-refractivity contribution in [3.05, 3.63) is 34.4 Å². The van der Waals surface area contributed by atoms with Crippen LogP contribution in [0.25, 0.3) is 10.9 Å². The molecule has 2 heterocycles.